The number of rotatable bonds is 7. The van der Waals surface area contributed by atoms with Gasteiger partial charge in [-0.25, -0.2) is 13.6 Å². The van der Waals surface area contributed by atoms with Gasteiger partial charge in [-0.05, 0) is 37.4 Å². The topological polar surface area (TPSA) is 98.2 Å². The molecule has 0 saturated heterocycles. The van der Waals surface area contributed by atoms with Crippen molar-refractivity contribution in [2.45, 2.75) is 24.7 Å². The minimum absolute atomic E-state index is 0.136. The summed E-state index contributed by atoms with van der Waals surface area (Å²) in [5.74, 6) is 0.486. The smallest absolute Gasteiger partial charge is 0.240 e. The molecule has 0 spiro atoms. The maximum atomic E-state index is 11.4. The SMILES string of the molecule is CC(CN)CCCNc1ccccc1S(N)(=O)=O. The first-order chi connectivity index (χ1) is 8.45. The average molecular weight is 271 g/mol. The Balaban J connectivity index is 2.58. The predicted molar refractivity (Wildman–Crippen MR) is 73.8 cm³/mol. The predicted octanol–water partition coefficient (Wildman–Crippen LogP) is 1.12. The molecule has 0 heterocycles. The Morgan fingerprint density at radius 2 is 2.00 bits per heavy atom. The van der Waals surface area contributed by atoms with Crippen molar-refractivity contribution in [2.24, 2.45) is 16.8 Å². The standard InChI is InChI=1S/C12H21N3O2S/c1-10(9-13)5-4-8-15-11-6-2-3-7-12(11)18(14,16)17/h2-3,6-7,10,15H,4-5,8-9,13H2,1H3,(H2,14,16,17). The monoisotopic (exact) mass is 271 g/mol. The largest absolute Gasteiger partial charge is 0.384 e. The summed E-state index contributed by atoms with van der Waals surface area (Å²) >= 11 is 0. The van der Waals surface area contributed by atoms with Crippen LogP contribution in [0.4, 0.5) is 5.69 Å². The lowest BCUT2D eigenvalue weighted by Crippen LogP contribution is -2.16. The fourth-order valence-corrected chi connectivity index (χ4v) is 2.37. The number of nitrogens with one attached hydrogen (secondary N) is 1. The quantitative estimate of drug-likeness (QED) is 0.647. The van der Waals surface area contributed by atoms with Crippen molar-refractivity contribution in [1.82, 2.24) is 0 Å². The van der Waals surface area contributed by atoms with Gasteiger partial charge in [0.2, 0.25) is 10.0 Å². The first kappa shape index (κ1) is 14.9. The summed E-state index contributed by atoms with van der Waals surface area (Å²) in [5, 5.41) is 8.25. The maximum absolute atomic E-state index is 11.4. The molecule has 1 aromatic carbocycles. The van der Waals surface area contributed by atoms with E-state index in [1.54, 1.807) is 18.2 Å². The van der Waals surface area contributed by atoms with Gasteiger partial charge in [0, 0.05) is 6.54 Å². The van der Waals surface area contributed by atoms with Crippen molar-refractivity contribution < 1.29 is 8.42 Å². The van der Waals surface area contributed by atoms with Crippen LogP contribution in [0.2, 0.25) is 0 Å². The molecule has 0 saturated carbocycles. The molecule has 0 aliphatic carbocycles. The van der Waals surface area contributed by atoms with Crippen LogP contribution in [0.1, 0.15) is 19.8 Å². The van der Waals surface area contributed by atoms with Gasteiger partial charge in [0.15, 0.2) is 0 Å². The third kappa shape index (κ3) is 4.64. The Kier molecular flexibility index (Phi) is 5.58. The molecule has 0 aliphatic heterocycles. The minimum atomic E-state index is -3.67. The van der Waals surface area contributed by atoms with Crippen molar-refractivity contribution in [3.8, 4) is 0 Å². The van der Waals surface area contributed by atoms with E-state index in [-0.39, 0.29) is 4.90 Å². The van der Waals surface area contributed by atoms with Gasteiger partial charge in [0.05, 0.1) is 5.69 Å². The van der Waals surface area contributed by atoms with Gasteiger partial charge in [-0.3, -0.25) is 0 Å². The highest BCUT2D eigenvalue weighted by atomic mass is 32.2. The summed E-state index contributed by atoms with van der Waals surface area (Å²) in [6, 6.07) is 6.65. The maximum Gasteiger partial charge on any atom is 0.240 e. The molecule has 5 nitrogen and oxygen atoms in total. The van der Waals surface area contributed by atoms with E-state index >= 15 is 0 Å². The molecular weight excluding hydrogens is 250 g/mol. The average Bonchev–Trinajstić information content (AvgIpc) is 2.33. The fraction of sp³-hybridized carbons (Fsp3) is 0.500. The summed E-state index contributed by atoms with van der Waals surface area (Å²) in [5.41, 5.74) is 6.09. The molecule has 18 heavy (non-hydrogen) atoms. The van der Waals surface area contributed by atoms with E-state index in [9.17, 15) is 8.42 Å². The summed E-state index contributed by atoms with van der Waals surface area (Å²) in [4.78, 5) is 0.136. The van der Waals surface area contributed by atoms with Crippen LogP contribution in [-0.2, 0) is 10.0 Å². The number of hydrogen-bond donors (Lipinski definition) is 3. The van der Waals surface area contributed by atoms with E-state index in [1.165, 1.54) is 6.07 Å². The number of primary sulfonamides is 1. The second-order valence-corrected chi connectivity index (χ2v) is 5.98. The molecule has 5 N–H and O–H groups in total. The number of benzene rings is 1. The normalized spacial score (nSPS) is 13.3. The van der Waals surface area contributed by atoms with Crippen LogP contribution >= 0.6 is 0 Å². The summed E-state index contributed by atoms with van der Waals surface area (Å²) in [7, 11) is -3.67. The summed E-state index contributed by atoms with van der Waals surface area (Å²) < 4.78 is 22.7. The van der Waals surface area contributed by atoms with Crippen LogP contribution < -0.4 is 16.2 Å². The van der Waals surface area contributed by atoms with Crippen molar-refractivity contribution in [2.75, 3.05) is 18.4 Å². The van der Waals surface area contributed by atoms with Gasteiger partial charge in [-0.15, -0.1) is 0 Å². The van der Waals surface area contributed by atoms with Crippen LogP contribution in [-0.4, -0.2) is 21.5 Å². The van der Waals surface area contributed by atoms with Crippen molar-refractivity contribution in [3.63, 3.8) is 0 Å². The Morgan fingerprint density at radius 1 is 1.33 bits per heavy atom. The Hall–Kier alpha value is -1.11. The molecule has 1 aromatic rings. The van der Waals surface area contributed by atoms with Gasteiger partial charge in [-0.1, -0.05) is 19.1 Å². The van der Waals surface area contributed by atoms with Crippen molar-refractivity contribution in [3.05, 3.63) is 24.3 Å². The highest BCUT2D eigenvalue weighted by molar-refractivity contribution is 7.89. The lowest BCUT2D eigenvalue weighted by Gasteiger charge is -2.12. The second-order valence-electron chi connectivity index (χ2n) is 4.45. The Bertz CT molecular complexity index is 474. The van der Waals surface area contributed by atoms with Crippen molar-refractivity contribution in [1.29, 1.82) is 0 Å². The first-order valence-electron chi connectivity index (χ1n) is 6.01. The van der Waals surface area contributed by atoms with Gasteiger partial charge >= 0.3 is 0 Å². The molecule has 0 aliphatic rings. The number of hydrogen-bond acceptors (Lipinski definition) is 4. The van der Waals surface area contributed by atoms with Gasteiger partial charge in [0.25, 0.3) is 0 Å². The zero-order valence-corrected chi connectivity index (χ0v) is 11.4. The molecule has 0 fully saturated rings. The molecule has 0 amide bonds. The summed E-state index contributed by atoms with van der Waals surface area (Å²) in [6.07, 6.45) is 1.96. The third-order valence-corrected chi connectivity index (χ3v) is 3.75. The molecule has 0 aromatic heterocycles. The van der Waals surface area contributed by atoms with E-state index in [2.05, 4.69) is 12.2 Å². The highest BCUT2D eigenvalue weighted by Crippen LogP contribution is 2.19. The zero-order valence-electron chi connectivity index (χ0n) is 10.6. The third-order valence-electron chi connectivity index (χ3n) is 2.79. The molecule has 1 unspecified atom stereocenters. The van der Waals surface area contributed by atoms with Gasteiger partial charge in [-0.2, -0.15) is 0 Å². The number of para-hydroxylation sites is 1. The first-order valence-corrected chi connectivity index (χ1v) is 7.55. The van der Waals surface area contributed by atoms with E-state index in [1.807, 2.05) is 0 Å². The summed E-state index contributed by atoms with van der Waals surface area (Å²) in [6.45, 7) is 3.48. The van der Waals surface area contributed by atoms with Crippen LogP contribution in [0.25, 0.3) is 0 Å². The molecule has 0 bridgehead atoms. The molecule has 0 radical (unpaired) electrons. The van der Waals surface area contributed by atoms with Crippen LogP contribution in [0.3, 0.4) is 0 Å². The van der Waals surface area contributed by atoms with E-state index < -0.39 is 10.0 Å². The van der Waals surface area contributed by atoms with Gasteiger partial charge < -0.3 is 11.1 Å². The van der Waals surface area contributed by atoms with E-state index in [0.717, 1.165) is 12.8 Å². The number of sulfonamides is 1. The Morgan fingerprint density at radius 3 is 2.61 bits per heavy atom. The van der Waals surface area contributed by atoms with Crippen LogP contribution in [0, 0.1) is 5.92 Å². The molecule has 1 rings (SSSR count). The highest BCUT2D eigenvalue weighted by Gasteiger charge is 2.12. The molecule has 6 heteroatoms. The van der Waals surface area contributed by atoms with E-state index in [0.29, 0.717) is 24.7 Å². The van der Waals surface area contributed by atoms with Crippen LogP contribution in [0.5, 0.6) is 0 Å². The fourth-order valence-electron chi connectivity index (χ4n) is 1.65. The second kappa shape index (κ2) is 6.72. The molecular formula is C12H21N3O2S. The van der Waals surface area contributed by atoms with E-state index in [4.69, 9.17) is 10.9 Å². The molecule has 1 atom stereocenters. The van der Waals surface area contributed by atoms with Crippen molar-refractivity contribution >= 4 is 15.7 Å². The lowest BCUT2D eigenvalue weighted by molar-refractivity contribution is 0.529. The zero-order chi connectivity index (χ0) is 13.6. The lowest BCUT2D eigenvalue weighted by atomic mass is 10.1. The van der Waals surface area contributed by atoms with Gasteiger partial charge in [0.1, 0.15) is 4.90 Å². The number of nitrogens with two attached hydrogens (primary N) is 2. The van der Waals surface area contributed by atoms with Crippen LogP contribution in [0.15, 0.2) is 29.2 Å². The Labute approximate surface area is 109 Å². The number of anilines is 1. The molecule has 102 valence electrons. The minimum Gasteiger partial charge on any atom is -0.384 e.